The molecule has 0 spiro atoms. The summed E-state index contributed by atoms with van der Waals surface area (Å²) >= 11 is 1.88. The second-order valence-corrected chi connectivity index (χ2v) is 6.83. The molecule has 0 fully saturated rings. The van der Waals surface area contributed by atoms with Crippen LogP contribution in [-0.4, -0.2) is 29.3 Å². The Hall–Kier alpha value is -0.520. The van der Waals surface area contributed by atoms with Gasteiger partial charge in [0.05, 0.1) is 0 Å². The van der Waals surface area contributed by atoms with Gasteiger partial charge in [0.25, 0.3) is 0 Å². The monoisotopic (exact) mass is 283 g/mol. The fourth-order valence-electron chi connectivity index (χ4n) is 3.00. The molecule has 0 aromatic carbocycles. The first kappa shape index (κ1) is 14.9. The van der Waals surface area contributed by atoms with E-state index in [1.54, 1.807) is 0 Å². The molecule has 108 valence electrons. The van der Waals surface area contributed by atoms with Gasteiger partial charge < -0.3 is 16.3 Å². The Balaban J connectivity index is 2.08. The van der Waals surface area contributed by atoms with E-state index < -0.39 is 6.23 Å². The van der Waals surface area contributed by atoms with Gasteiger partial charge in [-0.2, -0.15) is 5.10 Å². The molecule has 4 N–H and O–H groups in total. The van der Waals surface area contributed by atoms with Crippen molar-refractivity contribution in [3.63, 3.8) is 0 Å². The first-order valence-corrected chi connectivity index (χ1v) is 8.12. The number of aliphatic hydroxyl groups excluding tert-OH is 1. The predicted molar refractivity (Wildman–Crippen MR) is 81.9 cm³/mol. The van der Waals surface area contributed by atoms with Crippen molar-refractivity contribution in [3.8, 4) is 0 Å². The molecule has 0 aromatic rings. The van der Waals surface area contributed by atoms with Crippen LogP contribution in [0.2, 0.25) is 0 Å². The van der Waals surface area contributed by atoms with E-state index in [4.69, 9.17) is 5.73 Å². The molecule has 1 heterocycles. The molecule has 5 heteroatoms. The molecule has 0 saturated carbocycles. The summed E-state index contributed by atoms with van der Waals surface area (Å²) < 4.78 is 0. The van der Waals surface area contributed by atoms with Crippen molar-refractivity contribution >= 4 is 18.0 Å². The molecule has 4 nitrogen and oxygen atoms in total. The lowest BCUT2D eigenvalue weighted by atomic mass is 9.83. The Labute approximate surface area is 119 Å². The van der Waals surface area contributed by atoms with E-state index in [0.717, 1.165) is 25.8 Å². The van der Waals surface area contributed by atoms with Crippen LogP contribution < -0.4 is 11.2 Å². The van der Waals surface area contributed by atoms with E-state index in [1.165, 1.54) is 16.9 Å². The van der Waals surface area contributed by atoms with Gasteiger partial charge in [-0.3, -0.25) is 0 Å². The van der Waals surface area contributed by atoms with Crippen molar-refractivity contribution < 1.29 is 5.11 Å². The number of hydrogen-bond donors (Lipinski definition) is 3. The van der Waals surface area contributed by atoms with Gasteiger partial charge in [-0.05, 0) is 30.6 Å². The Morgan fingerprint density at radius 3 is 3.11 bits per heavy atom. The summed E-state index contributed by atoms with van der Waals surface area (Å²) in [5.41, 5.74) is 10.2. The Morgan fingerprint density at radius 1 is 1.63 bits per heavy atom. The number of nitrogens with two attached hydrogens (primary N) is 1. The lowest BCUT2D eigenvalue weighted by Gasteiger charge is -2.25. The van der Waals surface area contributed by atoms with Crippen LogP contribution in [0, 0.1) is 11.8 Å². The highest BCUT2D eigenvalue weighted by molar-refractivity contribution is 8.04. The third-order valence-electron chi connectivity index (χ3n) is 3.91. The van der Waals surface area contributed by atoms with Crippen LogP contribution in [0.1, 0.15) is 39.5 Å². The smallest absolute Gasteiger partial charge is 0.110 e. The summed E-state index contributed by atoms with van der Waals surface area (Å²) in [6, 6.07) is 0. The SMILES string of the molecule is CCCN/N=C\C1CCCC2=C1SC(C)C2C(N)O. The molecular weight excluding hydrogens is 258 g/mol. The molecule has 19 heavy (non-hydrogen) atoms. The highest BCUT2D eigenvalue weighted by atomic mass is 32.2. The maximum Gasteiger partial charge on any atom is 0.110 e. The molecule has 2 rings (SSSR count). The van der Waals surface area contributed by atoms with Crippen molar-refractivity contribution in [2.24, 2.45) is 22.7 Å². The van der Waals surface area contributed by atoms with Gasteiger partial charge in [-0.1, -0.05) is 19.4 Å². The van der Waals surface area contributed by atoms with Gasteiger partial charge in [-0.15, -0.1) is 11.8 Å². The molecular formula is C14H25N3OS. The number of allylic oxidation sites excluding steroid dienone is 1. The quantitative estimate of drug-likeness (QED) is 0.312. The van der Waals surface area contributed by atoms with Crippen molar-refractivity contribution in [2.75, 3.05) is 6.54 Å². The van der Waals surface area contributed by atoms with Gasteiger partial charge in [-0.25, -0.2) is 0 Å². The molecule has 0 aromatic heterocycles. The van der Waals surface area contributed by atoms with Crippen LogP contribution in [0.25, 0.3) is 0 Å². The third kappa shape index (κ3) is 3.33. The summed E-state index contributed by atoms with van der Waals surface area (Å²) in [6.45, 7) is 5.21. The lowest BCUT2D eigenvalue weighted by Crippen LogP contribution is -2.34. The molecule has 0 saturated heterocycles. The molecule has 2 aliphatic rings. The number of nitrogens with zero attached hydrogens (tertiary/aromatic N) is 1. The van der Waals surface area contributed by atoms with Gasteiger partial charge in [0.2, 0.25) is 0 Å². The van der Waals surface area contributed by atoms with E-state index in [1.807, 2.05) is 18.0 Å². The van der Waals surface area contributed by atoms with Crippen LogP contribution in [0.3, 0.4) is 0 Å². The van der Waals surface area contributed by atoms with Crippen molar-refractivity contribution in [1.82, 2.24) is 5.43 Å². The summed E-state index contributed by atoms with van der Waals surface area (Å²) in [6.07, 6.45) is 5.79. The fourth-order valence-corrected chi connectivity index (χ4v) is 4.62. The van der Waals surface area contributed by atoms with E-state index in [2.05, 4.69) is 24.4 Å². The van der Waals surface area contributed by atoms with E-state index in [-0.39, 0.29) is 5.92 Å². The average Bonchev–Trinajstić information content (AvgIpc) is 2.71. The zero-order valence-corrected chi connectivity index (χ0v) is 12.6. The number of thioether (sulfide) groups is 1. The molecule has 0 radical (unpaired) electrons. The van der Waals surface area contributed by atoms with Crippen LogP contribution in [0.5, 0.6) is 0 Å². The highest BCUT2D eigenvalue weighted by Gasteiger charge is 2.39. The second kappa shape index (κ2) is 6.77. The molecule has 1 aliphatic carbocycles. The standard InChI is InChI=1S/C14H25N3OS/c1-3-7-16-17-8-10-5-4-6-11-12(14(15)18)9(2)19-13(10)11/h8-10,12,14,16,18H,3-7,15H2,1-2H3/b17-8-. The average molecular weight is 283 g/mol. The zero-order valence-electron chi connectivity index (χ0n) is 11.8. The van der Waals surface area contributed by atoms with Crippen LogP contribution in [0.15, 0.2) is 15.6 Å². The predicted octanol–water partition coefficient (Wildman–Crippen LogP) is 2.05. The maximum atomic E-state index is 9.78. The summed E-state index contributed by atoms with van der Waals surface area (Å²) in [5.74, 6) is 0.532. The van der Waals surface area contributed by atoms with Crippen LogP contribution in [-0.2, 0) is 0 Å². The first-order valence-electron chi connectivity index (χ1n) is 7.24. The summed E-state index contributed by atoms with van der Waals surface area (Å²) in [4.78, 5) is 1.41. The summed E-state index contributed by atoms with van der Waals surface area (Å²) in [7, 11) is 0. The molecule has 0 amide bonds. The van der Waals surface area contributed by atoms with Gasteiger partial charge in [0.1, 0.15) is 6.23 Å². The lowest BCUT2D eigenvalue weighted by molar-refractivity contribution is 0.130. The fraction of sp³-hybridized carbons (Fsp3) is 0.786. The third-order valence-corrected chi connectivity index (χ3v) is 5.39. The highest BCUT2D eigenvalue weighted by Crippen LogP contribution is 2.50. The minimum absolute atomic E-state index is 0.125. The number of nitrogens with one attached hydrogen (secondary N) is 1. The molecule has 1 aliphatic heterocycles. The molecule has 0 bridgehead atoms. The van der Waals surface area contributed by atoms with Crippen LogP contribution >= 0.6 is 11.8 Å². The number of aliphatic hydroxyl groups is 1. The van der Waals surface area contributed by atoms with E-state index in [0.29, 0.717) is 11.2 Å². The molecule has 4 unspecified atom stereocenters. The Morgan fingerprint density at radius 2 is 2.42 bits per heavy atom. The van der Waals surface area contributed by atoms with Crippen molar-refractivity contribution in [3.05, 3.63) is 10.5 Å². The zero-order chi connectivity index (χ0) is 13.8. The topological polar surface area (TPSA) is 70.6 Å². The number of hydrogen-bond acceptors (Lipinski definition) is 5. The second-order valence-electron chi connectivity index (χ2n) is 5.41. The Bertz CT molecular complexity index is 368. The number of hydrazone groups is 1. The Kier molecular flexibility index (Phi) is 5.30. The minimum Gasteiger partial charge on any atom is -0.378 e. The van der Waals surface area contributed by atoms with Crippen molar-refractivity contribution in [1.29, 1.82) is 0 Å². The largest absolute Gasteiger partial charge is 0.378 e. The maximum absolute atomic E-state index is 9.78. The van der Waals surface area contributed by atoms with Gasteiger partial charge in [0.15, 0.2) is 0 Å². The van der Waals surface area contributed by atoms with Crippen LogP contribution in [0.4, 0.5) is 0 Å². The van der Waals surface area contributed by atoms with E-state index in [9.17, 15) is 5.11 Å². The van der Waals surface area contributed by atoms with Gasteiger partial charge in [0, 0.05) is 29.8 Å². The van der Waals surface area contributed by atoms with Gasteiger partial charge >= 0.3 is 0 Å². The normalized spacial score (nSPS) is 32.7. The first-order chi connectivity index (χ1) is 9.15. The summed E-state index contributed by atoms with van der Waals surface area (Å²) in [5, 5.41) is 14.5. The van der Waals surface area contributed by atoms with Crippen molar-refractivity contribution in [2.45, 2.75) is 51.0 Å². The molecule has 4 atom stereocenters. The number of rotatable bonds is 5. The van der Waals surface area contributed by atoms with E-state index >= 15 is 0 Å². The minimum atomic E-state index is -0.732.